The van der Waals surface area contributed by atoms with Crippen molar-refractivity contribution in [3.63, 3.8) is 0 Å². The first-order valence-electron chi connectivity index (χ1n) is 51.8. The van der Waals surface area contributed by atoms with E-state index in [9.17, 15) is 14.4 Å². The summed E-state index contributed by atoms with van der Waals surface area (Å²) in [5.41, 5.74) is 0. The van der Waals surface area contributed by atoms with E-state index in [0.717, 1.165) is 13.0 Å². The Morgan fingerprint density at radius 2 is 0.212 bits per heavy atom. The fourth-order valence-electron chi connectivity index (χ4n) is 10.6. The van der Waals surface area contributed by atoms with E-state index in [1.54, 1.807) is 0 Å². The standard InChI is InChI=1S/C96H187NO49/c1-2-5-101-6-7-102-8-9-103-10-11-104-12-13-105-14-15-106-16-17-107-18-19-108-20-21-109-22-23-110-24-25-111-26-27-112-28-29-113-30-31-114-32-33-115-34-35-116-36-37-117-38-39-118-40-41-119-42-43-120-44-45-121-46-47-122-48-49-123-50-51-124-52-53-125-54-55-126-56-57-127-58-59-128-60-61-129-62-63-130-64-65-131-66-67-132-68-69-133-70-71-134-72-73-135-74-75-136-76-77-137-78-79-138-80-81-139-82-83-140-84-85-141-86-87-142-88-89-143-90-91-144-92-93-145-96(100)146-97-94(98)3-4-95(97)99/h2-93H2,1H3. The third kappa shape index (κ3) is 122. The van der Waals surface area contributed by atoms with Gasteiger partial charge < -0.3 is 213 Å². The number of hydrogen-bond donors (Lipinski definition) is 0. The van der Waals surface area contributed by atoms with Crippen LogP contribution in [-0.4, -0.2) is 611 Å². The second-order valence-electron chi connectivity index (χ2n) is 29.7. The van der Waals surface area contributed by atoms with Crippen LogP contribution in [0, 0.1) is 0 Å². The summed E-state index contributed by atoms with van der Waals surface area (Å²) < 4.78 is 248. The van der Waals surface area contributed by atoms with Gasteiger partial charge in [0.2, 0.25) is 0 Å². The zero-order chi connectivity index (χ0) is 104. The Hall–Kier alpha value is -3.35. The molecule has 2 amide bonds. The van der Waals surface area contributed by atoms with Crippen molar-refractivity contribution in [3.05, 3.63) is 0 Å². The van der Waals surface area contributed by atoms with Gasteiger partial charge in [0.15, 0.2) is 0 Å². The first-order valence-corrected chi connectivity index (χ1v) is 51.8. The number of hydrogen-bond acceptors (Lipinski definition) is 49. The van der Waals surface area contributed by atoms with Gasteiger partial charge in [-0.15, -0.1) is 0 Å². The van der Waals surface area contributed by atoms with Crippen molar-refractivity contribution >= 4 is 18.0 Å². The molecule has 0 atom stereocenters. The van der Waals surface area contributed by atoms with Gasteiger partial charge in [0.05, 0.1) is 575 Å². The number of hydroxylamine groups is 2. The van der Waals surface area contributed by atoms with Gasteiger partial charge in [-0.05, 0) is 6.42 Å². The molecule has 1 heterocycles. The minimum absolute atomic E-state index is 0.00639. The number of carbonyl (C=O) groups excluding carboxylic acids is 3. The number of ether oxygens (including phenoxy) is 45. The van der Waals surface area contributed by atoms with Crippen LogP contribution in [0.5, 0.6) is 0 Å². The molecule has 0 aromatic carbocycles. The molecular weight excluding hydrogens is 1950 g/mol. The van der Waals surface area contributed by atoms with Crippen molar-refractivity contribution in [2.45, 2.75) is 26.2 Å². The summed E-state index contributed by atoms with van der Waals surface area (Å²) >= 11 is 0. The Morgan fingerprint density at radius 1 is 0.137 bits per heavy atom. The van der Waals surface area contributed by atoms with Crippen molar-refractivity contribution in [2.24, 2.45) is 0 Å². The molecule has 50 nitrogen and oxygen atoms in total. The SMILES string of the molecule is CCCOCCOCCOCCOCCOCCOCCOCCOCCOCCOCCOCCOCCOCCOCCOCCOCCOCCOCCOCCOCCOCCOCCOCCOCCOCCOCCOCCOCCOCCOCCOCCOCCOCCOCCOCCOCCOCCOCCOCCOCCOCCOCCOCCOCCOC(=O)ON1C(=O)CCC1=O. The molecule has 0 aromatic rings. The van der Waals surface area contributed by atoms with Crippen LogP contribution in [0.1, 0.15) is 26.2 Å². The minimum Gasteiger partial charge on any atom is -0.430 e. The molecule has 1 rings (SSSR count). The van der Waals surface area contributed by atoms with Crippen LogP contribution >= 0.6 is 0 Å². The van der Waals surface area contributed by atoms with Gasteiger partial charge in [-0.3, -0.25) is 14.4 Å². The van der Waals surface area contributed by atoms with Crippen LogP contribution < -0.4 is 0 Å². The zero-order valence-corrected chi connectivity index (χ0v) is 88.0. The molecule has 1 saturated heterocycles. The second kappa shape index (κ2) is 130. The fourth-order valence-corrected chi connectivity index (χ4v) is 10.6. The number of nitrogens with zero attached hydrogens (tertiary/aromatic N) is 1. The molecule has 0 aliphatic carbocycles. The molecule has 50 heteroatoms. The lowest BCUT2D eigenvalue weighted by Gasteiger charge is -2.12. The lowest BCUT2D eigenvalue weighted by molar-refractivity contribution is -0.177. The molecule has 1 aliphatic heterocycles. The van der Waals surface area contributed by atoms with E-state index in [1.807, 2.05) is 0 Å². The van der Waals surface area contributed by atoms with E-state index >= 15 is 0 Å². The minimum atomic E-state index is -1.15. The number of imide groups is 1. The maximum atomic E-state index is 11.5. The van der Waals surface area contributed by atoms with Gasteiger partial charge in [0.1, 0.15) is 6.61 Å². The van der Waals surface area contributed by atoms with Crippen LogP contribution in [0.15, 0.2) is 0 Å². The molecule has 1 aliphatic rings. The molecule has 0 spiro atoms. The van der Waals surface area contributed by atoms with E-state index in [0.29, 0.717) is 567 Å². The quantitative estimate of drug-likeness (QED) is 0.0471. The molecule has 0 saturated carbocycles. The van der Waals surface area contributed by atoms with E-state index in [4.69, 9.17) is 213 Å². The average molecular weight is 2140 g/mol. The van der Waals surface area contributed by atoms with Gasteiger partial charge in [0.25, 0.3) is 11.8 Å². The summed E-state index contributed by atoms with van der Waals surface area (Å²) in [6, 6.07) is 0. The van der Waals surface area contributed by atoms with Crippen LogP contribution in [0.3, 0.4) is 0 Å². The lowest BCUT2D eigenvalue weighted by atomic mass is 10.4. The van der Waals surface area contributed by atoms with Crippen molar-refractivity contribution in [3.8, 4) is 0 Å². The highest BCUT2D eigenvalue weighted by molar-refractivity contribution is 6.01. The Kier molecular flexibility index (Phi) is 126. The van der Waals surface area contributed by atoms with Crippen molar-refractivity contribution < 1.29 is 232 Å². The Labute approximate surface area is 866 Å². The second-order valence-corrected chi connectivity index (χ2v) is 29.7. The number of rotatable bonds is 135. The smallest absolute Gasteiger partial charge is 0.430 e. The largest absolute Gasteiger partial charge is 0.534 e. The topological polar surface area (TPSA) is 479 Å². The maximum Gasteiger partial charge on any atom is 0.534 e. The Morgan fingerprint density at radius 3 is 0.295 bits per heavy atom. The molecule has 0 radical (unpaired) electrons. The first kappa shape index (κ1) is 141. The highest BCUT2D eigenvalue weighted by Crippen LogP contribution is 2.13. The predicted molar refractivity (Wildman–Crippen MR) is 520 cm³/mol. The average Bonchev–Trinajstić information content (AvgIpc) is 1.73. The normalized spacial score (nSPS) is 12.4. The Balaban J connectivity index is 1.58. The molecule has 870 valence electrons. The van der Waals surface area contributed by atoms with Crippen LogP contribution in [0.4, 0.5) is 4.79 Å². The molecule has 1 fully saturated rings. The Bertz CT molecular complexity index is 2250. The maximum absolute atomic E-state index is 11.5. The molecule has 146 heavy (non-hydrogen) atoms. The van der Waals surface area contributed by atoms with Gasteiger partial charge >= 0.3 is 6.16 Å². The summed E-state index contributed by atoms with van der Waals surface area (Å²) in [6.07, 6.45) is -0.119. The third-order valence-electron chi connectivity index (χ3n) is 18.0. The molecule has 0 N–H and O–H groups in total. The summed E-state index contributed by atoms with van der Waals surface area (Å²) in [7, 11) is 0. The van der Waals surface area contributed by atoms with Crippen molar-refractivity contribution in [1.82, 2.24) is 5.06 Å². The van der Waals surface area contributed by atoms with Gasteiger partial charge in [0, 0.05) is 19.4 Å². The fraction of sp³-hybridized carbons (Fsp3) is 0.969. The van der Waals surface area contributed by atoms with E-state index in [-0.39, 0.29) is 32.7 Å². The lowest BCUT2D eigenvalue weighted by Crippen LogP contribution is -2.32. The van der Waals surface area contributed by atoms with Crippen molar-refractivity contribution in [1.29, 1.82) is 0 Å². The highest BCUT2D eigenvalue weighted by Gasteiger charge is 2.33. The first-order chi connectivity index (χ1) is 72.6. The van der Waals surface area contributed by atoms with E-state index in [2.05, 4.69) is 11.8 Å². The summed E-state index contributed by atoms with van der Waals surface area (Å²) in [5.74, 6) is -1.16. The zero-order valence-electron chi connectivity index (χ0n) is 88.0. The highest BCUT2D eigenvalue weighted by atomic mass is 16.8. The summed E-state index contributed by atoms with van der Waals surface area (Å²) in [6.45, 7) is 43.3. The van der Waals surface area contributed by atoms with Gasteiger partial charge in [-0.2, -0.15) is 0 Å². The third-order valence-corrected chi connectivity index (χ3v) is 18.0. The molecule has 0 aromatic heterocycles. The van der Waals surface area contributed by atoms with Gasteiger partial charge in [-0.25, -0.2) is 4.79 Å². The summed E-state index contributed by atoms with van der Waals surface area (Å²) in [4.78, 5) is 39.0. The van der Waals surface area contributed by atoms with E-state index in [1.165, 1.54) is 0 Å². The number of carbonyl (C=O) groups is 3. The molecule has 0 unspecified atom stereocenters. The van der Waals surface area contributed by atoms with Gasteiger partial charge in [-0.1, -0.05) is 12.0 Å². The van der Waals surface area contributed by atoms with Crippen LogP contribution in [0.2, 0.25) is 0 Å². The molecular formula is C96H187NO49. The number of amides is 2. The van der Waals surface area contributed by atoms with Crippen LogP contribution in [-0.2, 0) is 228 Å². The van der Waals surface area contributed by atoms with Crippen LogP contribution in [0.25, 0.3) is 0 Å². The van der Waals surface area contributed by atoms with E-state index < -0.39 is 18.0 Å². The monoisotopic (exact) mass is 2140 g/mol. The predicted octanol–water partition coefficient (Wildman–Crippen LogP) is 1.34. The van der Waals surface area contributed by atoms with Crippen molar-refractivity contribution in [2.75, 3.05) is 588 Å². The summed E-state index contributed by atoms with van der Waals surface area (Å²) in [5, 5.41) is 0.416. The molecule has 0 bridgehead atoms.